The zero-order valence-electron chi connectivity index (χ0n) is 8.79. The molecule has 1 amide bonds. The first-order valence-electron chi connectivity index (χ1n) is 4.79. The largest absolute Gasteiger partial charge is 0.349 e. The molecule has 1 aliphatic heterocycles. The molecule has 0 bridgehead atoms. The maximum Gasteiger partial charge on any atom is 0.240 e. The number of imidazole rings is 1. The number of amides is 1. The average Bonchev–Trinajstić information content (AvgIpc) is 2.45. The summed E-state index contributed by atoms with van der Waals surface area (Å²) in [5.74, 6) is 0.0651. The van der Waals surface area contributed by atoms with Gasteiger partial charge in [0.2, 0.25) is 5.91 Å². The van der Waals surface area contributed by atoms with Crippen LogP contribution in [0.1, 0.15) is 32.2 Å². The van der Waals surface area contributed by atoms with E-state index in [2.05, 4.69) is 31.1 Å². The van der Waals surface area contributed by atoms with E-state index in [4.69, 9.17) is 0 Å². The lowest BCUT2D eigenvalue weighted by molar-refractivity contribution is -0.122. The van der Waals surface area contributed by atoms with Crippen LogP contribution >= 0.6 is 0 Å². The molecule has 0 fully saturated rings. The van der Waals surface area contributed by atoms with Gasteiger partial charge in [-0.25, -0.2) is 4.98 Å². The van der Waals surface area contributed by atoms with Crippen LogP contribution in [0.5, 0.6) is 0 Å². The Hall–Kier alpha value is -1.32. The average molecular weight is 193 g/mol. The molecule has 1 aromatic heterocycles. The van der Waals surface area contributed by atoms with E-state index in [0.29, 0.717) is 13.1 Å². The van der Waals surface area contributed by atoms with Gasteiger partial charge in [-0.3, -0.25) is 4.79 Å². The highest BCUT2D eigenvalue weighted by atomic mass is 16.2. The number of rotatable bonds is 0. The summed E-state index contributed by atoms with van der Waals surface area (Å²) >= 11 is 0. The SMILES string of the molecule is CC(C)(C)c1ncn2c1CNC(=O)C2. The van der Waals surface area contributed by atoms with Gasteiger partial charge in [0.15, 0.2) is 0 Å². The summed E-state index contributed by atoms with van der Waals surface area (Å²) in [6, 6.07) is 0. The van der Waals surface area contributed by atoms with Gasteiger partial charge < -0.3 is 9.88 Å². The summed E-state index contributed by atoms with van der Waals surface area (Å²) in [4.78, 5) is 15.5. The number of carbonyl (C=O) groups is 1. The van der Waals surface area contributed by atoms with Crippen LogP contribution in [-0.2, 0) is 23.3 Å². The zero-order chi connectivity index (χ0) is 10.3. The van der Waals surface area contributed by atoms with Crippen molar-refractivity contribution in [1.82, 2.24) is 14.9 Å². The highest BCUT2D eigenvalue weighted by Gasteiger charge is 2.25. The molecule has 1 aromatic rings. The monoisotopic (exact) mass is 193 g/mol. The molecule has 0 unspecified atom stereocenters. The van der Waals surface area contributed by atoms with E-state index in [1.54, 1.807) is 6.33 Å². The van der Waals surface area contributed by atoms with Crippen LogP contribution in [0.25, 0.3) is 0 Å². The fourth-order valence-corrected chi connectivity index (χ4v) is 1.75. The van der Waals surface area contributed by atoms with Crippen LogP contribution in [0, 0.1) is 0 Å². The fraction of sp³-hybridized carbons (Fsp3) is 0.600. The smallest absolute Gasteiger partial charge is 0.240 e. The van der Waals surface area contributed by atoms with Crippen molar-refractivity contribution in [2.24, 2.45) is 0 Å². The number of aromatic nitrogens is 2. The van der Waals surface area contributed by atoms with E-state index >= 15 is 0 Å². The predicted octanol–water partition coefficient (Wildman–Crippen LogP) is 0.810. The summed E-state index contributed by atoms with van der Waals surface area (Å²) < 4.78 is 1.93. The molecule has 0 radical (unpaired) electrons. The molecule has 4 nitrogen and oxygen atoms in total. The van der Waals surface area contributed by atoms with Gasteiger partial charge in [-0.15, -0.1) is 0 Å². The normalized spacial score (nSPS) is 16.4. The molecule has 0 saturated carbocycles. The third kappa shape index (κ3) is 1.41. The molecule has 0 aliphatic carbocycles. The van der Waals surface area contributed by atoms with E-state index < -0.39 is 0 Å². The molecule has 0 aromatic carbocycles. The standard InChI is InChI=1S/C10H15N3O/c1-10(2,3)9-7-4-11-8(14)5-13(7)6-12-9/h6H,4-5H2,1-3H3,(H,11,14). The second-order valence-corrected chi connectivity index (χ2v) is 4.69. The third-order valence-electron chi connectivity index (χ3n) is 2.42. The van der Waals surface area contributed by atoms with E-state index in [9.17, 15) is 4.79 Å². The maximum absolute atomic E-state index is 11.1. The van der Waals surface area contributed by atoms with E-state index in [-0.39, 0.29) is 11.3 Å². The summed E-state index contributed by atoms with van der Waals surface area (Å²) in [5.41, 5.74) is 2.26. The van der Waals surface area contributed by atoms with Crippen molar-refractivity contribution in [3.8, 4) is 0 Å². The summed E-state index contributed by atoms with van der Waals surface area (Å²) in [7, 11) is 0. The van der Waals surface area contributed by atoms with Crippen molar-refractivity contribution in [3.63, 3.8) is 0 Å². The first kappa shape index (κ1) is 9.24. The highest BCUT2D eigenvalue weighted by molar-refractivity contribution is 5.76. The molecule has 2 rings (SSSR count). The Morgan fingerprint density at radius 1 is 1.50 bits per heavy atom. The first-order valence-corrected chi connectivity index (χ1v) is 4.79. The topological polar surface area (TPSA) is 46.9 Å². The van der Waals surface area contributed by atoms with E-state index in [0.717, 1.165) is 11.4 Å². The van der Waals surface area contributed by atoms with Crippen LogP contribution in [0.4, 0.5) is 0 Å². The maximum atomic E-state index is 11.1. The molecule has 1 aliphatic rings. The Morgan fingerprint density at radius 2 is 2.21 bits per heavy atom. The van der Waals surface area contributed by atoms with Gasteiger partial charge in [-0.05, 0) is 0 Å². The lowest BCUT2D eigenvalue weighted by atomic mass is 9.90. The van der Waals surface area contributed by atoms with Crippen molar-refractivity contribution in [2.45, 2.75) is 39.3 Å². The van der Waals surface area contributed by atoms with Crippen molar-refractivity contribution in [1.29, 1.82) is 0 Å². The molecular formula is C10H15N3O. The molecule has 14 heavy (non-hydrogen) atoms. The molecule has 0 atom stereocenters. The van der Waals surface area contributed by atoms with Crippen LogP contribution in [0.15, 0.2) is 6.33 Å². The highest BCUT2D eigenvalue weighted by Crippen LogP contribution is 2.25. The molecule has 0 saturated heterocycles. The quantitative estimate of drug-likeness (QED) is 0.662. The number of nitrogens with zero attached hydrogens (tertiary/aromatic N) is 2. The van der Waals surface area contributed by atoms with Gasteiger partial charge in [-0.1, -0.05) is 20.8 Å². The van der Waals surface area contributed by atoms with Gasteiger partial charge in [-0.2, -0.15) is 0 Å². The van der Waals surface area contributed by atoms with Gasteiger partial charge in [0.25, 0.3) is 0 Å². The first-order chi connectivity index (χ1) is 6.48. The fourth-order valence-electron chi connectivity index (χ4n) is 1.75. The van der Waals surface area contributed by atoms with Gasteiger partial charge >= 0.3 is 0 Å². The Bertz CT molecular complexity index is 373. The Labute approximate surface area is 83.3 Å². The Balaban J connectivity index is 2.43. The minimum absolute atomic E-state index is 0.0443. The third-order valence-corrected chi connectivity index (χ3v) is 2.42. The molecule has 4 heteroatoms. The van der Waals surface area contributed by atoms with Crippen LogP contribution in [-0.4, -0.2) is 15.5 Å². The number of hydrogen-bond acceptors (Lipinski definition) is 2. The minimum Gasteiger partial charge on any atom is -0.349 e. The van der Waals surface area contributed by atoms with Gasteiger partial charge in [0, 0.05) is 5.41 Å². The van der Waals surface area contributed by atoms with Crippen molar-refractivity contribution in [2.75, 3.05) is 0 Å². The van der Waals surface area contributed by atoms with E-state index in [1.807, 2.05) is 4.57 Å². The van der Waals surface area contributed by atoms with Crippen LogP contribution in [0.3, 0.4) is 0 Å². The van der Waals surface area contributed by atoms with Gasteiger partial charge in [0.1, 0.15) is 6.54 Å². The number of carbonyl (C=O) groups excluding carboxylic acids is 1. The summed E-state index contributed by atoms with van der Waals surface area (Å²) in [5, 5.41) is 2.84. The summed E-state index contributed by atoms with van der Waals surface area (Å²) in [6.45, 7) is 7.40. The predicted molar refractivity (Wildman–Crippen MR) is 52.8 cm³/mol. The molecule has 1 N–H and O–H groups in total. The lowest BCUT2D eigenvalue weighted by Crippen LogP contribution is -2.35. The van der Waals surface area contributed by atoms with Crippen LogP contribution in [0.2, 0.25) is 0 Å². The zero-order valence-corrected chi connectivity index (χ0v) is 8.79. The molecule has 0 spiro atoms. The summed E-state index contributed by atoms with van der Waals surface area (Å²) in [6.07, 6.45) is 1.76. The number of nitrogens with one attached hydrogen (secondary N) is 1. The minimum atomic E-state index is 0.0443. The van der Waals surface area contributed by atoms with E-state index in [1.165, 1.54) is 0 Å². The Morgan fingerprint density at radius 3 is 2.86 bits per heavy atom. The molecule has 76 valence electrons. The van der Waals surface area contributed by atoms with Crippen molar-refractivity contribution >= 4 is 5.91 Å². The number of fused-ring (bicyclic) bond motifs is 1. The second kappa shape index (κ2) is 2.83. The van der Waals surface area contributed by atoms with Crippen molar-refractivity contribution in [3.05, 3.63) is 17.7 Å². The Kier molecular flexibility index (Phi) is 1.87. The van der Waals surface area contributed by atoms with Gasteiger partial charge in [0.05, 0.1) is 24.3 Å². The van der Waals surface area contributed by atoms with Crippen molar-refractivity contribution < 1.29 is 4.79 Å². The number of hydrogen-bond donors (Lipinski definition) is 1. The van der Waals surface area contributed by atoms with Crippen LogP contribution < -0.4 is 5.32 Å². The lowest BCUT2D eigenvalue weighted by Gasteiger charge is -2.22. The molecular weight excluding hydrogens is 178 g/mol. The molecule has 2 heterocycles. The second-order valence-electron chi connectivity index (χ2n) is 4.69.